The number of nitrogens with zero attached hydrogens (tertiary/aromatic N) is 2. The van der Waals surface area contributed by atoms with Crippen LogP contribution in [0.5, 0.6) is 0 Å². The van der Waals surface area contributed by atoms with Crippen LogP contribution in [0.2, 0.25) is 0 Å². The van der Waals surface area contributed by atoms with E-state index in [-0.39, 0.29) is 5.43 Å². The molecule has 2 aliphatic rings. The molecule has 22 heavy (non-hydrogen) atoms. The molecular formula is C18H22N2O2. The average molecular weight is 298 g/mol. The summed E-state index contributed by atoms with van der Waals surface area (Å²) in [6, 6.07) is 8.64. The normalized spacial score (nSPS) is 26.4. The number of hydrogen-bond acceptors (Lipinski definition) is 4. The third-order valence-corrected chi connectivity index (χ3v) is 5.19. The quantitative estimate of drug-likeness (QED) is 0.853. The second kappa shape index (κ2) is 5.52. The van der Waals surface area contributed by atoms with Gasteiger partial charge >= 0.3 is 0 Å². The second-order valence-electron chi connectivity index (χ2n) is 6.66. The molecule has 2 aliphatic heterocycles. The van der Waals surface area contributed by atoms with E-state index in [2.05, 4.69) is 16.7 Å². The van der Waals surface area contributed by atoms with Gasteiger partial charge in [-0.05, 0) is 38.4 Å². The maximum absolute atomic E-state index is 12.6. The van der Waals surface area contributed by atoms with Crippen molar-refractivity contribution in [2.45, 2.75) is 38.4 Å². The van der Waals surface area contributed by atoms with Gasteiger partial charge in [-0.1, -0.05) is 12.1 Å². The van der Waals surface area contributed by atoms with Crippen LogP contribution in [0.1, 0.15) is 25.3 Å². The molecule has 2 aromatic rings. The predicted octanol–water partition coefficient (Wildman–Crippen LogP) is 2.46. The molecule has 0 radical (unpaired) electrons. The van der Waals surface area contributed by atoms with E-state index in [0.29, 0.717) is 29.6 Å². The lowest BCUT2D eigenvalue weighted by Crippen LogP contribution is -2.54. The molecule has 0 saturated carbocycles. The zero-order valence-corrected chi connectivity index (χ0v) is 13.0. The number of fused-ring (bicyclic) bond motifs is 2. The van der Waals surface area contributed by atoms with E-state index in [1.54, 1.807) is 6.26 Å². The molecule has 4 heteroatoms. The van der Waals surface area contributed by atoms with Crippen LogP contribution in [0, 0.1) is 0 Å². The highest BCUT2D eigenvalue weighted by atomic mass is 16.3. The third kappa shape index (κ3) is 2.36. The third-order valence-electron chi connectivity index (χ3n) is 5.19. The fraction of sp³-hybridized carbons (Fsp3) is 0.500. The lowest BCUT2D eigenvalue weighted by atomic mass is 10.1. The van der Waals surface area contributed by atoms with Crippen LogP contribution >= 0.6 is 0 Å². The molecule has 0 bridgehead atoms. The fourth-order valence-corrected chi connectivity index (χ4v) is 3.91. The molecule has 4 nitrogen and oxygen atoms in total. The molecule has 0 spiro atoms. The summed E-state index contributed by atoms with van der Waals surface area (Å²) >= 11 is 0. The fourth-order valence-electron chi connectivity index (χ4n) is 3.91. The van der Waals surface area contributed by atoms with Gasteiger partial charge in [0.05, 0.1) is 11.6 Å². The summed E-state index contributed by atoms with van der Waals surface area (Å²) in [6.45, 7) is 6.37. The van der Waals surface area contributed by atoms with E-state index in [1.807, 2.05) is 24.3 Å². The Balaban J connectivity index is 1.60. The lowest BCUT2D eigenvalue weighted by Gasteiger charge is -2.42. The summed E-state index contributed by atoms with van der Waals surface area (Å²) in [4.78, 5) is 17.7. The van der Waals surface area contributed by atoms with Crippen molar-refractivity contribution in [1.82, 2.24) is 9.80 Å². The summed E-state index contributed by atoms with van der Waals surface area (Å²) in [5, 5.41) is 0.687. The average Bonchev–Trinajstić information content (AvgIpc) is 2.97. The summed E-state index contributed by atoms with van der Waals surface area (Å²) in [5.74, 6) is 0. The molecule has 2 atom stereocenters. The molecule has 116 valence electrons. The molecule has 1 unspecified atom stereocenters. The smallest absolute Gasteiger partial charge is 0.197 e. The minimum absolute atomic E-state index is 0.114. The van der Waals surface area contributed by atoms with Crippen molar-refractivity contribution in [3.05, 3.63) is 46.3 Å². The molecule has 4 rings (SSSR count). The molecule has 0 aliphatic carbocycles. The van der Waals surface area contributed by atoms with Gasteiger partial charge in [-0.15, -0.1) is 0 Å². The Morgan fingerprint density at radius 1 is 1.27 bits per heavy atom. The van der Waals surface area contributed by atoms with Crippen molar-refractivity contribution in [2.24, 2.45) is 0 Å². The Hall–Kier alpha value is -1.65. The van der Waals surface area contributed by atoms with E-state index >= 15 is 0 Å². The van der Waals surface area contributed by atoms with E-state index < -0.39 is 0 Å². The lowest BCUT2D eigenvalue weighted by molar-refractivity contribution is 0.0535. The first-order valence-electron chi connectivity index (χ1n) is 8.20. The highest BCUT2D eigenvalue weighted by molar-refractivity contribution is 5.76. The summed E-state index contributed by atoms with van der Waals surface area (Å²) in [5.41, 5.74) is 1.56. The number of benzene rings is 1. The highest BCUT2D eigenvalue weighted by Crippen LogP contribution is 2.25. The predicted molar refractivity (Wildman–Crippen MR) is 87.0 cm³/mol. The minimum Gasteiger partial charge on any atom is -0.464 e. The molecule has 3 heterocycles. The van der Waals surface area contributed by atoms with Crippen LogP contribution in [-0.4, -0.2) is 41.5 Å². The minimum atomic E-state index is 0.114. The number of piperazine rings is 1. The van der Waals surface area contributed by atoms with Crippen molar-refractivity contribution in [3.63, 3.8) is 0 Å². The van der Waals surface area contributed by atoms with Gasteiger partial charge in [0.2, 0.25) is 0 Å². The number of rotatable bonds is 2. The van der Waals surface area contributed by atoms with Crippen LogP contribution in [-0.2, 0) is 6.54 Å². The molecule has 0 N–H and O–H groups in total. The Bertz CT molecular complexity index is 739. The van der Waals surface area contributed by atoms with Gasteiger partial charge < -0.3 is 4.42 Å². The van der Waals surface area contributed by atoms with Crippen LogP contribution in [0.15, 0.2) is 39.7 Å². The van der Waals surface area contributed by atoms with Gasteiger partial charge in [0, 0.05) is 37.3 Å². The van der Waals surface area contributed by atoms with E-state index in [0.717, 1.165) is 18.7 Å². The Kier molecular flexibility index (Phi) is 3.51. The van der Waals surface area contributed by atoms with Crippen molar-refractivity contribution < 1.29 is 4.42 Å². The zero-order valence-electron chi connectivity index (χ0n) is 13.0. The van der Waals surface area contributed by atoms with Crippen LogP contribution < -0.4 is 5.43 Å². The Morgan fingerprint density at radius 2 is 2.14 bits per heavy atom. The van der Waals surface area contributed by atoms with Crippen molar-refractivity contribution in [3.8, 4) is 0 Å². The van der Waals surface area contributed by atoms with Gasteiger partial charge in [0.25, 0.3) is 0 Å². The summed E-state index contributed by atoms with van der Waals surface area (Å²) in [6.07, 6.45) is 4.25. The first-order valence-corrected chi connectivity index (χ1v) is 8.20. The first-order chi connectivity index (χ1) is 10.7. The second-order valence-corrected chi connectivity index (χ2v) is 6.66. The molecule has 2 fully saturated rings. The topological polar surface area (TPSA) is 36.7 Å². The molecule has 1 aromatic carbocycles. The molecular weight excluding hydrogens is 276 g/mol. The van der Waals surface area contributed by atoms with Gasteiger partial charge in [0.15, 0.2) is 5.43 Å². The number of para-hydroxylation sites is 1. The number of hydrogen-bond donors (Lipinski definition) is 0. The van der Waals surface area contributed by atoms with Crippen LogP contribution in [0.4, 0.5) is 0 Å². The van der Waals surface area contributed by atoms with Crippen LogP contribution in [0.3, 0.4) is 0 Å². The maximum Gasteiger partial charge on any atom is 0.197 e. The standard InChI is InChI=1S/C18H22N2O2/c1-13-9-19-8-4-5-15(19)11-20(13)10-14-12-22-17-7-3-2-6-16(17)18(14)21/h2-3,6-7,12-13,15H,4-5,8-11H2,1H3/t13-,15?/m0/s1. The monoisotopic (exact) mass is 298 g/mol. The summed E-state index contributed by atoms with van der Waals surface area (Å²) < 4.78 is 5.65. The molecule has 2 saturated heterocycles. The van der Waals surface area contributed by atoms with E-state index in [4.69, 9.17) is 4.42 Å². The van der Waals surface area contributed by atoms with Gasteiger partial charge in [-0.2, -0.15) is 0 Å². The SMILES string of the molecule is C[C@H]1CN2CCCC2CN1Cc1coc2ccccc2c1=O. The Morgan fingerprint density at radius 3 is 3.05 bits per heavy atom. The summed E-state index contributed by atoms with van der Waals surface area (Å²) in [7, 11) is 0. The molecule has 1 aromatic heterocycles. The van der Waals surface area contributed by atoms with E-state index in [9.17, 15) is 4.79 Å². The van der Waals surface area contributed by atoms with Crippen LogP contribution in [0.25, 0.3) is 11.0 Å². The van der Waals surface area contributed by atoms with Crippen molar-refractivity contribution >= 4 is 11.0 Å². The molecule has 0 amide bonds. The largest absolute Gasteiger partial charge is 0.464 e. The highest BCUT2D eigenvalue weighted by Gasteiger charge is 2.34. The first kappa shape index (κ1) is 14.0. The Labute approximate surface area is 130 Å². The van der Waals surface area contributed by atoms with Gasteiger partial charge in [-0.3, -0.25) is 14.6 Å². The van der Waals surface area contributed by atoms with Crippen molar-refractivity contribution in [1.29, 1.82) is 0 Å². The van der Waals surface area contributed by atoms with Gasteiger partial charge in [-0.25, -0.2) is 0 Å². The zero-order chi connectivity index (χ0) is 15.1. The van der Waals surface area contributed by atoms with Gasteiger partial charge in [0.1, 0.15) is 5.58 Å². The van der Waals surface area contributed by atoms with Crippen molar-refractivity contribution in [2.75, 3.05) is 19.6 Å². The van der Waals surface area contributed by atoms with E-state index in [1.165, 1.54) is 19.4 Å². The maximum atomic E-state index is 12.6.